The van der Waals surface area contributed by atoms with Gasteiger partial charge in [-0.2, -0.15) is 0 Å². The molecule has 0 aliphatic rings. The fraction of sp³-hybridized carbons (Fsp3) is 0.250. The van der Waals surface area contributed by atoms with Crippen LogP contribution in [0.2, 0.25) is 0 Å². The van der Waals surface area contributed by atoms with Crippen molar-refractivity contribution in [2.45, 2.75) is 25.2 Å². The first-order valence-corrected chi connectivity index (χ1v) is 7.71. The first-order chi connectivity index (χ1) is 8.63. The minimum Gasteiger partial charge on any atom is -0.255 e. The number of rotatable bonds is 3. The van der Waals surface area contributed by atoms with Gasteiger partial charge in [-0.3, -0.25) is 4.21 Å². The summed E-state index contributed by atoms with van der Waals surface area (Å²) in [5.74, 6) is 0. The molecule has 94 valence electrons. The van der Waals surface area contributed by atoms with Crippen molar-refractivity contribution in [3.05, 3.63) is 53.6 Å². The van der Waals surface area contributed by atoms with Crippen LogP contribution in [-0.2, 0) is 17.2 Å². The Hall–Kier alpha value is -1.41. The zero-order valence-corrected chi connectivity index (χ0v) is 11.9. The lowest BCUT2D eigenvalue weighted by molar-refractivity contribution is 0.687. The van der Waals surface area contributed by atoms with Gasteiger partial charge in [-0.1, -0.05) is 37.3 Å². The van der Waals surface area contributed by atoms with Crippen LogP contribution in [0.4, 0.5) is 0 Å². The zero-order valence-electron chi connectivity index (χ0n) is 11.1. The molecule has 0 aliphatic carbocycles. The summed E-state index contributed by atoms with van der Waals surface area (Å²) in [5, 5.41) is 0. The van der Waals surface area contributed by atoms with Gasteiger partial charge in [-0.25, -0.2) is 0 Å². The van der Waals surface area contributed by atoms with E-state index in [1.807, 2.05) is 18.2 Å². The normalized spacial score (nSPS) is 12.4. The lowest BCUT2D eigenvalue weighted by Crippen LogP contribution is -1.95. The smallest absolute Gasteiger partial charge is 0.0504 e. The molecule has 0 saturated carbocycles. The van der Waals surface area contributed by atoms with Crippen LogP contribution in [-0.4, -0.2) is 10.5 Å². The summed E-state index contributed by atoms with van der Waals surface area (Å²) in [4.78, 5) is 0.918. The molecular formula is C16H18OS. The molecule has 0 heterocycles. The Morgan fingerprint density at radius 1 is 1.06 bits per heavy atom. The molecule has 1 atom stereocenters. The second-order valence-corrected chi connectivity index (χ2v) is 5.80. The van der Waals surface area contributed by atoms with Gasteiger partial charge in [-0.15, -0.1) is 0 Å². The van der Waals surface area contributed by atoms with Gasteiger partial charge in [0.1, 0.15) is 0 Å². The predicted molar refractivity (Wildman–Crippen MR) is 78.3 cm³/mol. The molecule has 0 N–H and O–H groups in total. The molecule has 0 saturated heterocycles. The highest BCUT2D eigenvalue weighted by Gasteiger charge is 2.10. The van der Waals surface area contributed by atoms with Crippen molar-refractivity contribution in [2.24, 2.45) is 0 Å². The molecule has 0 radical (unpaired) electrons. The van der Waals surface area contributed by atoms with E-state index in [9.17, 15) is 4.21 Å². The number of aryl methyl sites for hydroxylation is 2. The highest BCUT2D eigenvalue weighted by atomic mass is 32.2. The Morgan fingerprint density at radius 3 is 2.39 bits per heavy atom. The molecule has 0 aliphatic heterocycles. The number of benzene rings is 2. The summed E-state index contributed by atoms with van der Waals surface area (Å²) >= 11 is 0. The largest absolute Gasteiger partial charge is 0.255 e. The quantitative estimate of drug-likeness (QED) is 0.814. The molecule has 0 fully saturated rings. The van der Waals surface area contributed by atoms with Crippen LogP contribution < -0.4 is 0 Å². The van der Waals surface area contributed by atoms with Crippen LogP contribution in [0.25, 0.3) is 11.1 Å². The van der Waals surface area contributed by atoms with E-state index >= 15 is 0 Å². The van der Waals surface area contributed by atoms with E-state index in [1.165, 1.54) is 16.7 Å². The monoisotopic (exact) mass is 258 g/mol. The van der Waals surface area contributed by atoms with Gasteiger partial charge in [0, 0.05) is 11.2 Å². The molecule has 2 aromatic rings. The summed E-state index contributed by atoms with van der Waals surface area (Å²) in [6.07, 6.45) is 2.73. The summed E-state index contributed by atoms with van der Waals surface area (Å²) in [6.45, 7) is 4.23. The highest BCUT2D eigenvalue weighted by Crippen LogP contribution is 2.29. The highest BCUT2D eigenvalue weighted by molar-refractivity contribution is 7.84. The van der Waals surface area contributed by atoms with E-state index < -0.39 is 10.8 Å². The molecule has 0 bridgehead atoms. The Balaban J connectivity index is 2.68. The first kappa shape index (κ1) is 13.0. The molecule has 2 heteroatoms. The van der Waals surface area contributed by atoms with Crippen LogP contribution in [0, 0.1) is 6.92 Å². The fourth-order valence-corrected chi connectivity index (χ4v) is 2.87. The third kappa shape index (κ3) is 2.54. The third-order valence-electron chi connectivity index (χ3n) is 3.20. The minimum absolute atomic E-state index is 0.918. The van der Waals surface area contributed by atoms with E-state index in [0.29, 0.717) is 0 Å². The zero-order chi connectivity index (χ0) is 13.1. The molecule has 0 amide bonds. The summed E-state index contributed by atoms with van der Waals surface area (Å²) in [7, 11) is -0.960. The van der Waals surface area contributed by atoms with Crippen LogP contribution in [0.3, 0.4) is 0 Å². The van der Waals surface area contributed by atoms with E-state index in [2.05, 4.69) is 38.1 Å². The van der Waals surface area contributed by atoms with Gasteiger partial charge >= 0.3 is 0 Å². The maximum atomic E-state index is 11.9. The van der Waals surface area contributed by atoms with Crippen molar-refractivity contribution < 1.29 is 4.21 Å². The molecular weight excluding hydrogens is 240 g/mol. The van der Waals surface area contributed by atoms with Gasteiger partial charge < -0.3 is 0 Å². The van der Waals surface area contributed by atoms with Gasteiger partial charge in [0.05, 0.1) is 10.8 Å². The second-order valence-electron chi connectivity index (χ2n) is 4.45. The Kier molecular flexibility index (Phi) is 3.97. The molecule has 2 aromatic carbocycles. The van der Waals surface area contributed by atoms with Gasteiger partial charge in [0.25, 0.3) is 0 Å². The van der Waals surface area contributed by atoms with E-state index in [0.717, 1.165) is 16.9 Å². The minimum atomic E-state index is -0.960. The molecule has 1 nitrogen and oxygen atoms in total. The number of hydrogen-bond acceptors (Lipinski definition) is 1. The second kappa shape index (κ2) is 5.49. The van der Waals surface area contributed by atoms with Crippen molar-refractivity contribution in [3.8, 4) is 11.1 Å². The molecule has 1 unspecified atom stereocenters. The van der Waals surface area contributed by atoms with Crippen molar-refractivity contribution in [1.29, 1.82) is 0 Å². The SMILES string of the molecule is CCc1ccc(S(C)=O)c(-c2ccccc2C)c1. The van der Waals surface area contributed by atoms with Gasteiger partial charge in [0.2, 0.25) is 0 Å². The van der Waals surface area contributed by atoms with Crippen LogP contribution in [0.5, 0.6) is 0 Å². The van der Waals surface area contributed by atoms with E-state index in [1.54, 1.807) is 6.26 Å². The van der Waals surface area contributed by atoms with Crippen molar-refractivity contribution in [3.63, 3.8) is 0 Å². The van der Waals surface area contributed by atoms with Crippen LogP contribution in [0.15, 0.2) is 47.4 Å². The Labute approximate surface area is 111 Å². The molecule has 0 aromatic heterocycles. The standard InChI is InChI=1S/C16H18OS/c1-4-13-9-10-16(18(3)17)15(11-13)14-8-6-5-7-12(14)2/h5-11H,4H2,1-3H3. The lowest BCUT2D eigenvalue weighted by Gasteiger charge is -2.12. The maximum absolute atomic E-state index is 11.9. The van der Waals surface area contributed by atoms with Gasteiger partial charge in [-0.05, 0) is 47.7 Å². The van der Waals surface area contributed by atoms with E-state index in [4.69, 9.17) is 0 Å². The molecule has 18 heavy (non-hydrogen) atoms. The molecule has 0 spiro atoms. The molecule has 2 rings (SSSR count). The predicted octanol–water partition coefficient (Wildman–Crippen LogP) is 3.96. The summed E-state index contributed by atoms with van der Waals surface area (Å²) in [5.41, 5.74) is 4.78. The third-order valence-corrected chi connectivity index (χ3v) is 4.17. The lowest BCUT2D eigenvalue weighted by atomic mass is 9.98. The number of hydrogen-bond donors (Lipinski definition) is 0. The van der Waals surface area contributed by atoms with Gasteiger partial charge in [0.15, 0.2) is 0 Å². The topological polar surface area (TPSA) is 17.1 Å². The van der Waals surface area contributed by atoms with Crippen LogP contribution >= 0.6 is 0 Å². The average Bonchev–Trinajstić information content (AvgIpc) is 2.38. The summed E-state index contributed by atoms with van der Waals surface area (Å²) < 4.78 is 11.9. The van der Waals surface area contributed by atoms with Crippen molar-refractivity contribution in [1.82, 2.24) is 0 Å². The van der Waals surface area contributed by atoms with Crippen molar-refractivity contribution in [2.75, 3.05) is 6.26 Å². The average molecular weight is 258 g/mol. The maximum Gasteiger partial charge on any atom is 0.0504 e. The Morgan fingerprint density at radius 2 is 1.78 bits per heavy atom. The summed E-state index contributed by atoms with van der Waals surface area (Å²) in [6, 6.07) is 14.5. The van der Waals surface area contributed by atoms with E-state index in [-0.39, 0.29) is 0 Å². The first-order valence-electron chi connectivity index (χ1n) is 6.16. The Bertz CT molecular complexity index is 587. The fourth-order valence-electron chi connectivity index (χ4n) is 2.13. The van der Waals surface area contributed by atoms with Crippen molar-refractivity contribution >= 4 is 10.8 Å². The van der Waals surface area contributed by atoms with Crippen LogP contribution in [0.1, 0.15) is 18.1 Å².